The number of nitrogens with zero attached hydrogens (tertiary/aromatic N) is 2. The number of benzene rings is 1. The smallest absolute Gasteiger partial charge is 0.153 e. The lowest BCUT2D eigenvalue weighted by Crippen LogP contribution is -1.98. The second-order valence-electron chi connectivity index (χ2n) is 5.22. The number of rotatable bonds is 4. The van der Waals surface area contributed by atoms with Gasteiger partial charge in [-0.3, -0.25) is 0 Å². The van der Waals surface area contributed by atoms with Gasteiger partial charge in [-0.15, -0.1) is 0 Å². The summed E-state index contributed by atoms with van der Waals surface area (Å²) in [5, 5.41) is 0.402. The molecule has 2 heterocycles. The van der Waals surface area contributed by atoms with Gasteiger partial charge < -0.3 is 4.74 Å². The van der Waals surface area contributed by atoms with Crippen molar-refractivity contribution in [2.75, 3.05) is 0 Å². The van der Waals surface area contributed by atoms with Crippen LogP contribution in [-0.2, 0) is 6.42 Å². The van der Waals surface area contributed by atoms with Crippen molar-refractivity contribution in [3.63, 3.8) is 0 Å². The molecule has 23 heavy (non-hydrogen) atoms. The minimum atomic E-state index is 0.402. The van der Waals surface area contributed by atoms with Gasteiger partial charge in [0, 0.05) is 23.5 Å². The zero-order valence-corrected chi connectivity index (χ0v) is 13.8. The number of hydrogen-bond acceptors (Lipinski definition) is 3. The third kappa shape index (κ3) is 3.51. The molecule has 0 aliphatic heterocycles. The van der Waals surface area contributed by atoms with Gasteiger partial charge in [0.25, 0.3) is 0 Å². The summed E-state index contributed by atoms with van der Waals surface area (Å²) in [5.41, 5.74) is 4.04. The fourth-order valence-electron chi connectivity index (χ4n) is 2.44. The Balaban J connectivity index is 2.09. The number of ether oxygens (including phenoxy) is 1. The van der Waals surface area contributed by atoms with E-state index in [0.29, 0.717) is 10.9 Å². The van der Waals surface area contributed by atoms with Crippen LogP contribution in [0.2, 0.25) is 5.15 Å². The molecular formula is C19H17ClN2O. The summed E-state index contributed by atoms with van der Waals surface area (Å²) in [6, 6.07) is 15.6. The molecule has 0 unspecified atom stereocenters. The minimum Gasteiger partial charge on any atom is -0.455 e. The first-order chi connectivity index (χ1) is 11.2. The molecule has 3 aromatic rings. The highest BCUT2D eigenvalue weighted by molar-refractivity contribution is 6.29. The summed E-state index contributed by atoms with van der Waals surface area (Å²) in [5.74, 6) is 1.37. The molecule has 0 fully saturated rings. The molecule has 0 radical (unpaired) electrons. The second kappa shape index (κ2) is 6.80. The van der Waals surface area contributed by atoms with Crippen LogP contribution in [-0.4, -0.2) is 9.97 Å². The number of aromatic nitrogens is 2. The second-order valence-corrected chi connectivity index (χ2v) is 5.60. The van der Waals surface area contributed by atoms with E-state index in [4.69, 9.17) is 21.3 Å². The Morgan fingerprint density at radius 2 is 1.87 bits per heavy atom. The summed E-state index contributed by atoms with van der Waals surface area (Å²) in [6.07, 6.45) is 2.53. The summed E-state index contributed by atoms with van der Waals surface area (Å²) in [6.45, 7) is 4.14. The third-order valence-corrected chi connectivity index (χ3v) is 3.84. The van der Waals surface area contributed by atoms with Gasteiger partial charge >= 0.3 is 0 Å². The van der Waals surface area contributed by atoms with E-state index in [1.54, 1.807) is 18.3 Å². The Hall–Kier alpha value is -2.39. The first kappa shape index (κ1) is 15.5. The average molecular weight is 325 g/mol. The van der Waals surface area contributed by atoms with Crippen molar-refractivity contribution < 1.29 is 4.74 Å². The lowest BCUT2D eigenvalue weighted by atomic mass is 10.1. The maximum atomic E-state index is 6.06. The number of halogens is 1. The van der Waals surface area contributed by atoms with E-state index < -0.39 is 0 Å². The first-order valence-corrected chi connectivity index (χ1v) is 7.90. The normalized spacial score (nSPS) is 10.6. The number of hydrogen-bond donors (Lipinski definition) is 0. The topological polar surface area (TPSA) is 35.0 Å². The molecule has 0 bridgehead atoms. The van der Waals surface area contributed by atoms with Gasteiger partial charge in [-0.05, 0) is 31.0 Å². The van der Waals surface area contributed by atoms with Crippen LogP contribution in [0.3, 0.4) is 0 Å². The molecule has 0 amide bonds. The highest BCUT2D eigenvalue weighted by Gasteiger charge is 2.13. The Bertz CT molecular complexity index is 819. The predicted octanol–water partition coefficient (Wildman–Crippen LogP) is 5.46. The standard InChI is InChI=1S/C19H17ClN2O/c1-3-14-11-17(23-16-9-10-21-18(20)12-16)19(22-13(14)2)15-7-5-4-6-8-15/h4-12H,3H2,1-2H3. The van der Waals surface area contributed by atoms with E-state index in [9.17, 15) is 0 Å². The Kier molecular flexibility index (Phi) is 4.58. The molecule has 0 aliphatic rings. The van der Waals surface area contributed by atoms with Crippen molar-refractivity contribution in [3.8, 4) is 22.8 Å². The van der Waals surface area contributed by atoms with Crippen LogP contribution in [0.25, 0.3) is 11.3 Å². The molecule has 0 spiro atoms. The van der Waals surface area contributed by atoms with E-state index in [-0.39, 0.29) is 0 Å². The first-order valence-electron chi connectivity index (χ1n) is 7.52. The summed E-state index contributed by atoms with van der Waals surface area (Å²) in [7, 11) is 0. The average Bonchev–Trinajstić information content (AvgIpc) is 2.57. The lowest BCUT2D eigenvalue weighted by Gasteiger charge is -2.14. The molecule has 116 valence electrons. The van der Waals surface area contributed by atoms with Crippen molar-refractivity contribution in [1.29, 1.82) is 0 Å². The molecule has 0 aliphatic carbocycles. The van der Waals surface area contributed by atoms with Crippen LogP contribution in [0.15, 0.2) is 54.7 Å². The van der Waals surface area contributed by atoms with Crippen LogP contribution in [0, 0.1) is 6.92 Å². The monoisotopic (exact) mass is 324 g/mol. The summed E-state index contributed by atoms with van der Waals surface area (Å²) >= 11 is 5.94. The van der Waals surface area contributed by atoms with Crippen LogP contribution in [0.1, 0.15) is 18.2 Å². The largest absolute Gasteiger partial charge is 0.455 e. The number of aryl methyl sites for hydroxylation is 2. The zero-order valence-electron chi connectivity index (χ0n) is 13.1. The molecule has 4 heteroatoms. The highest BCUT2D eigenvalue weighted by atomic mass is 35.5. The molecular weight excluding hydrogens is 308 g/mol. The van der Waals surface area contributed by atoms with E-state index >= 15 is 0 Å². The van der Waals surface area contributed by atoms with Gasteiger partial charge in [0.1, 0.15) is 16.6 Å². The highest BCUT2D eigenvalue weighted by Crippen LogP contribution is 2.34. The Labute approximate surface area is 140 Å². The summed E-state index contributed by atoms with van der Waals surface area (Å²) < 4.78 is 6.06. The molecule has 0 saturated carbocycles. The van der Waals surface area contributed by atoms with Gasteiger partial charge in [-0.25, -0.2) is 9.97 Å². The van der Waals surface area contributed by atoms with Gasteiger partial charge in [0.2, 0.25) is 0 Å². The molecule has 0 atom stereocenters. The zero-order chi connectivity index (χ0) is 16.2. The third-order valence-electron chi connectivity index (χ3n) is 3.64. The van der Waals surface area contributed by atoms with Gasteiger partial charge in [-0.1, -0.05) is 48.9 Å². The van der Waals surface area contributed by atoms with Crippen molar-refractivity contribution in [2.45, 2.75) is 20.3 Å². The summed E-state index contributed by atoms with van der Waals surface area (Å²) in [4.78, 5) is 8.74. The van der Waals surface area contributed by atoms with Gasteiger partial charge in [0.05, 0.1) is 0 Å². The maximum Gasteiger partial charge on any atom is 0.153 e. The van der Waals surface area contributed by atoms with Crippen LogP contribution in [0.4, 0.5) is 0 Å². The van der Waals surface area contributed by atoms with Gasteiger partial charge in [-0.2, -0.15) is 0 Å². The Morgan fingerprint density at radius 1 is 1.09 bits per heavy atom. The SMILES string of the molecule is CCc1cc(Oc2ccnc(Cl)c2)c(-c2ccccc2)nc1C. The fraction of sp³-hybridized carbons (Fsp3) is 0.158. The van der Waals surface area contributed by atoms with Crippen molar-refractivity contribution in [2.24, 2.45) is 0 Å². The molecule has 2 aromatic heterocycles. The van der Waals surface area contributed by atoms with E-state index in [1.165, 1.54) is 5.56 Å². The van der Waals surface area contributed by atoms with Crippen molar-refractivity contribution in [1.82, 2.24) is 9.97 Å². The predicted molar refractivity (Wildman–Crippen MR) is 93.1 cm³/mol. The van der Waals surface area contributed by atoms with Gasteiger partial charge in [0.15, 0.2) is 5.75 Å². The molecule has 1 aromatic carbocycles. The van der Waals surface area contributed by atoms with Crippen molar-refractivity contribution in [3.05, 3.63) is 71.1 Å². The quantitative estimate of drug-likeness (QED) is 0.598. The van der Waals surface area contributed by atoms with Crippen LogP contribution >= 0.6 is 11.6 Å². The van der Waals surface area contributed by atoms with E-state index in [1.807, 2.05) is 37.3 Å². The maximum absolute atomic E-state index is 6.06. The molecule has 0 N–H and O–H groups in total. The van der Waals surface area contributed by atoms with Crippen molar-refractivity contribution >= 4 is 11.6 Å². The van der Waals surface area contributed by atoms with Crippen LogP contribution < -0.4 is 4.74 Å². The molecule has 3 nitrogen and oxygen atoms in total. The fourth-order valence-corrected chi connectivity index (χ4v) is 2.60. The van der Waals surface area contributed by atoms with Crippen LogP contribution in [0.5, 0.6) is 11.5 Å². The Morgan fingerprint density at radius 3 is 2.57 bits per heavy atom. The van der Waals surface area contributed by atoms with E-state index in [0.717, 1.165) is 29.1 Å². The minimum absolute atomic E-state index is 0.402. The number of pyridine rings is 2. The van der Waals surface area contributed by atoms with E-state index in [2.05, 4.69) is 18.0 Å². The molecule has 0 saturated heterocycles. The lowest BCUT2D eigenvalue weighted by molar-refractivity contribution is 0.480. The molecule has 3 rings (SSSR count).